The Bertz CT molecular complexity index is 748. The molecule has 0 aliphatic carbocycles. The van der Waals surface area contributed by atoms with Crippen molar-refractivity contribution in [3.8, 4) is 5.75 Å². The molecule has 2 aromatic rings. The summed E-state index contributed by atoms with van der Waals surface area (Å²) in [6.45, 7) is 0.358. The first-order chi connectivity index (χ1) is 10.5. The third-order valence-electron chi connectivity index (χ3n) is 3.61. The van der Waals surface area contributed by atoms with Crippen LogP contribution in [0.25, 0.3) is 0 Å². The minimum Gasteiger partial charge on any atom is -0.496 e. The maximum atomic E-state index is 12.4. The number of nitrogens with zero attached hydrogens (tertiary/aromatic N) is 1. The molecule has 2 aromatic carbocycles. The molecule has 0 saturated carbocycles. The quantitative estimate of drug-likeness (QED) is 0.737. The lowest BCUT2D eigenvalue weighted by atomic mass is 10.1. The maximum Gasteiger partial charge on any atom is 0.249 e. The van der Waals surface area contributed by atoms with Crippen LogP contribution in [0.4, 0.5) is 5.69 Å². The molecule has 0 N–H and O–H groups in total. The van der Waals surface area contributed by atoms with Gasteiger partial charge in [-0.2, -0.15) is 0 Å². The highest BCUT2D eigenvalue weighted by molar-refractivity contribution is 6.36. The van der Waals surface area contributed by atoms with Crippen LogP contribution in [0.2, 0.25) is 10.0 Å². The molecule has 1 aliphatic heterocycles. The van der Waals surface area contributed by atoms with Crippen LogP contribution in [-0.4, -0.2) is 13.0 Å². The molecular formula is C16H12Cl3NO2. The van der Waals surface area contributed by atoms with E-state index in [-0.39, 0.29) is 5.91 Å². The van der Waals surface area contributed by atoms with Gasteiger partial charge in [0.2, 0.25) is 5.91 Å². The highest BCUT2D eigenvalue weighted by Gasteiger charge is 2.36. The van der Waals surface area contributed by atoms with Gasteiger partial charge in [0.1, 0.15) is 11.1 Å². The molecule has 1 unspecified atom stereocenters. The molecule has 0 radical (unpaired) electrons. The Labute approximate surface area is 143 Å². The first-order valence-electron chi connectivity index (χ1n) is 6.58. The molecular weight excluding hydrogens is 345 g/mol. The number of carbonyl (C=O) groups is 1. The lowest BCUT2D eigenvalue weighted by molar-refractivity contribution is -0.117. The molecule has 1 amide bonds. The number of rotatable bonds is 3. The molecule has 6 heteroatoms. The predicted octanol–water partition coefficient (Wildman–Crippen LogP) is 4.83. The van der Waals surface area contributed by atoms with Gasteiger partial charge in [-0.3, -0.25) is 4.79 Å². The van der Waals surface area contributed by atoms with Gasteiger partial charge in [-0.15, -0.1) is 11.6 Å². The second-order valence-corrected chi connectivity index (χ2v) is 6.26. The molecule has 22 heavy (non-hydrogen) atoms. The van der Waals surface area contributed by atoms with E-state index in [1.54, 1.807) is 42.3 Å². The number of hydrogen-bond donors (Lipinski definition) is 0. The summed E-state index contributed by atoms with van der Waals surface area (Å²) < 4.78 is 5.33. The standard InChI is InChI=1S/C16H12Cl3NO2/c1-22-14-7-11(18)3-2-9(14)8-20-13-5-4-10(17)6-12(13)15(19)16(20)21/h2-7,15H,8H2,1H3. The van der Waals surface area contributed by atoms with Crippen LogP contribution in [-0.2, 0) is 11.3 Å². The molecule has 114 valence electrons. The molecule has 0 aromatic heterocycles. The lowest BCUT2D eigenvalue weighted by Crippen LogP contribution is -2.27. The molecule has 0 spiro atoms. The van der Waals surface area contributed by atoms with Gasteiger partial charge in [-0.05, 0) is 30.3 Å². The first-order valence-corrected chi connectivity index (χ1v) is 7.78. The number of benzene rings is 2. The summed E-state index contributed by atoms with van der Waals surface area (Å²) in [5.41, 5.74) is 2.35. The van der Waals surface area contributed by atoms with Crippen LogP contribution in [0.3, 0.4) is 0 Å². The summed E-state index contributed by atoms with van der Waals surface area (Å²) in [4.78, 5) is 14.1. The van der Waals surface area contributed by atoms with E-state index in [0.717, 1.165) is 16.8 Å². The Morgan fingerprint density at radius 1 is 1.14 bits per heavy atom. The highest BCUT2D eigenvalue weighted by Crippen LogP contribution is 2.42. The summed E-state index contributed by atoms with van der Waals surface area (Å²) in [5.74, 6) is 0.463. The second-order valence-electron chi connectivity index (χ2n) is 4.95. The summed E-state index contributed by atoms with van der Waals surface area (Å²) in [6.07, 6.45) is 0. The van der Waals surface area contributed by atoms with Gasteiger partial charge in [0.05, 0.1) is 13.7 Å². The molecule has 0 bridgehead atoms. The number of anilines is 1. The fourth-order valence-corrected chi connectivity index (χ4v) is 3.18. The number of amides is 1. The number of halogens is 3. The van der Waals surface area contributed by atoms with Crippen molar-refractivity contribution >= 4 is 46.4 Å². The van der Waals surface area contributed by atoms with Crippen molar-refractivity contribution in [1.29, 1.82) is 0 Å². The van der Waals surface area contributed by atoms with Gasteiger partial charge in [0.15, 0.2) is 0 Å². The average Bonchev–Trinajstić information content (AvgIpc) is 2.73. The zero-order chi connectivity index (χ0) is 15.9. The number of alkyl halides is 1. The van der Waals surface area contributed by atoms with E-state index in [1.165, 1.54) is 0 Å². The van der Waals surface area contributed by atoms with Gasteiger partial charge in [-0.25, -0.2) is 0 Å². The Morgan fingerprint density at radius 2 is 1.82 bits per heavy atom. The van der Waals surface area contributed by atoms with Gasteiger partial charge in [0.25, 0.3) is 0 Å². The SMILES string of the molecule is COc1cc(Cl)ccc1CN1C(=O)C(Cl)c2cc(Cl)ccc21. The zero-order valence-electron chi connectivity index (χ0n) is 11.6. The predicted molar refractivity (Wildman–Crippen MR) is 89.2 cm³/mol. The topological polar surface area (TPSA) is 29.5 Å². The van der Waals surface area contributed by atoms with Crippen LogP contribution >= 0.6 is 34.8 Å². The van der Waals surface area contributed by atoms with E-state index in [9.17, 15) is 4.79 Å². The Hall–Kier alpha value is -1.42. The van der Waals surface area contributed by atoms with Crippen molar-refractivity contribution in [3.05, 3.63) is 57.6 Å². The van der Waals surface area contributed by atoms with E-state index in [1.807, 2.05) is 6.07 Å². The summed E-state index contributed by atoms with van der Waals surface area (Å²) in [5, 5.41) is 0.422. The van der Waals surface area contributed by atoms with E-state index >= 15 is 0 Å². The highest BCUT2D eigenvalue weighted by atomic mass is 35.5. The number of ether oxygens (including phenoxy) is 1. The van der Waals surface area contributed by atoms with Crippen molar-refractivity contribution < 1.29 is 9.53 Å². The molecule has 0 saturated heterocycles. The minimum absolute atomic E-state index is 0.170. The fraction of sp³-hybridized carbons (Fsp3) is 0.188. The van der Waals surface area contributed by atoms with E-state index < -0.39 is 5.38 Å². The van der Waals surface area contributed by atoms with Gasteiger partial charge in [-0.1, -0.05) is 29.3 Å². The van der Waals surface area contributed by atoms with Crippen LogP contribution in [0.5, 0.6) is 5.75 Å². The number of fused-ring (bicyclic) bond motifs is 1. The van der Waals surface area contributed by atoms with Crippen LogP contribution in [0.1, 0.15) is 16.5 Å². The normalized spacial score (nSPS) is 16.8. The van der Waals surface area contributed by atoms with Gasteiger partial charge in [0, 0.05) is 26.9 Å². The Balaban J connectivity index is 1.99. The third-order valence-corrected chi connectivity index (χ3v) is 4.51. The van der Waals surface area contributed by atoms with Crippen molar-refractivity contribution in [2.45, 2.75) is 11.9 Å². The smallest absolute Gasteiger partial charge is 0.249 e. The molecule has 0 fully saturated rings. The lowest BCUT2D eigenvalue weighted by Gasteiger charge is -2.19. The third kappa shape index (κ3) is 2.65. The average molecular weight is 357 g/mol. The Morgan fingerprint density at radius 3 is 2.55 bits per heavy atom. The summed E-state index contributed by atoms with van der Waals surface area (Å²) >= 11 is 18.2. The Kier molecular flexibility index (Phi) is 4.22. The monoisotopic (exact) mass is 355 g/mol. The second kappa shape index (κ2) is 5.99. The van der Waals surface area contributed by atoms with E-state index in [2.05, 4.69) is 0 Å². The van der Waals surface area contributed by atoms with E-state index in [0.29, 0.717) is 22.3 Å². The molecule has 1 atom stereocenters. The number of carbonyl (C=O) groups excluding carboxylic acids is 1. The number of hydrogen-bond acceptors (Lipinski definition) is 2. The van der Waals surface area contributed by atoms with Crippen molar-refractivity contribution in [2.24, 2.45) is 0 Å². The van der Waals surface area contributed by atoms with Gasteiger partial charge < -0.3 is 9.64 Å². The summed E-state index contributed by atoms with van der Waals surface area (Å²) in [7, 11) is 1.57. The molecule has 3 nitrogen and oxygen atoms in total. The van der Waals surface area contributed by atoms with Crippen LogP contribution < -0.4 is 9.64 Å². The maximum absolute atomic E-state index is 12.4. The van der Waals surface area contributed by atoms with Crippen LogP contribution in [0.15, 0.2) is 36.4 Å². The van der Waals surface area contributed by atoms with E-state index in [4.69, 9.17) is 39.5 Å². The summed E-state index contributed by atoms with van der Waals surface area (Å²) in [6, 6.07) is 10.6. The van der Waals surface area contributed by atoms with Crippen molar-refractivity contribution in [3.63, 3.8) is 0 Å². The molecule has 1 heterocycles. The zero-order valence-corrected chi connectivity index (χ0v) is 13.9. The van der Waals surface area contributed by atoms with Crippen molar-refractivity contribution in [2.75, 3.05) is 12.0 Å². The first kappa shape index (κ1) is 15.5. The largest absolute Gasteiger partial charge is 0.496 e. The fourth-order valence-electron chi connectivity index (χ4n) is 2.55. The van der Waals surface area contributed by atoms with Gasteiger partial charge >= 0.3 is 0 Å². The molecule has 3 rings (SSSR count). The number of methoxy groups -OCH3 is 1. The minimum atomic E-state index is -0.716. The van der Waals surface area contributed by atoms with Crippen molar-refractivity contribution in [1.82, 2.24) is 0 Å². The molecule has 1 aliphatic rings. The van der Waals surface area contributed by atoms with Crippen LogP contribution in [0, 0.1) is 0 Å².